The molecule has 0 bridgehead atoms. The number of aryl methyl sites for hydroxylation is 1. The fourth-order valence-corrected chi connectivity index (χ4v) is 3.78. The van der Waals surface area contributed by atoms with E-state index in [0.29, 0.717) is 11.6 Å². The van der Waals surface area contributed by atoms with Crippen LogP contribution in [0.3, 0.4) is 0 Å². The molecule has 25 heavy (non-hydrogen) atoms. The van der Waals surface area contributed by atoms with Gasteiger partial charge in [-0.25, -0.2) is 8.42 Å². The fourth-order valence-electron chi connectivity index (χ4n) is 2.25. The number of amides is 1. The van der Waals surface area contributed by atoms with E-state index in [1.807, 2.05) is 31.2 Å². The van der Waals surface area contributed by atoms with Gasteiger partial charge in [0.15, 0.2) is 0 Å². The Morgan fingerprint density at radius 1 is 1.08 bits per heavy atom. The lowest BCUT2D eigenvalue weighted by Crippen LogP contribution is -2.40. The summed E-state index contributed by atoms with van der Waals surface area (Å²) >= 11 is 5.80. The highest BCUT2D eigenvalue weighted by Crippen LogP contribution is 2.18. The van der Waals surface area contributed by atoms with Crippen molar-refractivity contribution < 1.29 is 13.2 Å². The average Bonchev–Trinajstić information content (AvgIpc) is 2.59. The smallest absolute Gasteiger partial charge is 0.243 e. The number of rotatable bonds is 7. The molecule has 0 unspecified atom stereocenters. The van der Waals surface area contributed by atoms with Crippen molar-refractivity contribution in [1.29, 1.82) is 0 Å². The molecular formula is C18H21ClN2O3S. The number of sulfonamides is 1. The number of hydrogen-bond acceptors (Lipinski definition) is 3. The molecule has 0 saturated carbocycles. The maximum absolute atomic E-state index is 12.6. The van der Waals surface area contributed by atoms with E-state index in [-0.39, 0.29) is 23.9 Å². The first kappa shape index (κ1) is 19.4. The predicted octanol–water partition coefficient (Wildman–Crippen LogP) is 2.98. The third-order valence-electron chi connectivity index (χ3n) is 3.73. The minimum absolute atomic E-state index is 0.116. The van der Waals surface area contributed by atoms with E-state index in [2.05, 4.69) is 5.32 Å². The van der Waals surface area contributed by atoms with Crippen LogP contribution in [0.4, 0.5) is 0 Å². The van der Waals surface area contributed by atoms with Gasteiger partial charge in [0.2, 0.25) is 15.9 Å². The molecule has 0 radical (unpaired) electrons. The van der Waals surface area contributed by atoms with Gasteiger partial charge in [-0.3, -0.25) is 4.79 Å². The first-order chi connectivity index (χ1) is 11.8. The number of likely N-dealkylation sites (N-methyl/N-ethyl adjacent to an activating group) is 1. The molecule has 0 spiro atoms. The van der Waals surface area contributed by atoms with Gasteiger partial charge < -0.3 is 5.32 Å². The second kappa shape index (κ2) is 8.47. The highest BCUT2D eigenvalue weighted by Gasteiger charge is 2.25. The van der Waals surface area contributed by atoms with Crippen LogP contribution in [0.1, 0.15) is 18.1 Å². The SMILES string of the molecule is CCN(CC(=O)NCc1ccc(C)cc1)S(=O)(=O)c1ccc(Cl)cc1. The van der Waals surface area contributed by atoms with Crippen LogP contribution >= 0.6 is 11.6 Å². The van der Waals surface area contributed by atoms with Crippen molar-refractivity contribution in [3.8, 4) is 0 Å². The van der Waals surface area contributed by atoms with E-state index >= 15 is 0 Å². The molecule has 1 amide bonds. The number of halogens is 1. The number of carbonyl (C=O) groups is 1. The van der Waals surface area contributed by atoms with Gasteiger partial charge in [0.05, 0.1) is 11.4 Å². The summed E-state index contributed by atoms with van der Waals surface area (Å²) in [5.74, 6) is -0.347. The summed E-state index contributed by atoms with van der Waals surface area (Å²) in [5, 5.41) is 3.21. The first-order valence-electron chi connectivity index (χ1n) is 7.91. The predicted molar refractivity (Wildman–Crippen MR) is 98.9 cm³/mol. The minimum atomic E-state index is -3.74. The molecule has 0 atom stereocenters. The normalized spacial score (nSPS) is 11.5. The molecule has 1 N–H and O–H groups in total. The van der Waals surface area contributed by atoms with Crippen molar-refractivity contribution in [3.63, 3.8) is 0 Å². The van der Waals surface area contributed by atoms with Crippen LogP contribution in [-0.4, -0.2) is 31.7 Å². The van der Waals surface area contributed by atoms with Crippen molar-refractivity contribution in [2.45, 2.75) is 25.3 Å². The van der Waals surface area contributed by atoms with E-state index in [4.69, 9.17) is 11.6 Å². The van der Waals surface area contributed by atoms with Gasteiger partial charge in [0.25, 0.3) is 0 Å². The lowest BCUT2D eigenvalue weighted by molar-refractivity contribution is -0.121. The summed E-state index contributed by atoms with van der Waals surface area (Å²) in [4.78, 5) is 12.3. The van der Waals surface area contributed by atoms with Gasteiger partial charge in [-0.2, -0.15) is 4.31 Å². The van der Waals surface area contributed by atoms with Crippen LogP contribution in [0.25, 0.3) is 0 Å². The van der Waals surface area contributed by atoms with Crippen LogP contribution < -0.4 is 5.32 Å². The van der Waals surface area contributed by atoms with Crippen molar-refractivity contribution in [2.24, 2.45) is 0 Å². The lowest BCUT2D eigenvalue weighted by Gasteiger charge is -2.20. The van der Waals surface area contributed by atoms with Crippen molar-refractivity contribution in [2.75, 3.05) is 13.1 Å². The molecule has 2 rings (SSSR count). The van der Waals surface area contributed by atoms with E-state index in [1.165, 1.54) is 24.3 Å². The van der Waals surface area contributed by atoms with Crippen molar-refractivity contribution >= 4 is 27.5 Å². The van der Waals surface area contributed by atoms with E-state index in [1.54, 1.807) is 6.92 Å². The molecule has 2 aromatic carbocycles. The third kappa shape index (κ3) is 5.29. The van der Waals surface area contributed by atoms with Crippen LogP contribution in [0.15, 0.2) is 53.4 Å². The summed E-state index contributed by atoms with van der Waals surface area (Å²) in [6, 6.07) is 13.7. The third-order valence-corrected chi connectivity index (χ3v) is 5.92. The van der Waals surface area contributed by atoms with Crippen LogP contribution in [0.2, 0.25) is 5.02 Å². The Hall–Kier alpha value is -1.89. The van der Waals surface area contributed by atoms with Gasteiger partial charge in [-0.15, -0.1) is 0 Å². The average molecular weight is 381 g/mol. The highest BCUT2D eigenvalue weighted by molar-refractivity contribution is 7.89. The monoisotopic (exact) mass is 380 g/mol. The van der Waals surface area contributed by atoms with E-state index < -0.39 is 10.0 Å². The Balaban J connectivity index is 2.01. The molecule has 0 aliphatic carbocycles. The number of hydrogen-bond donors (Lipinski definition) is 1. The summed E-state index contributed by atoms with van der Waals surface area (Å²) in [5.41, 5.74) is 2.10. The quantitative estimate of drug-likeness (QED) is 0.803. The molecular weight excluding hydrogens is 360 g/mol. The second-order valence-electron chi connectivity index (χ2n) is 5.65. The van der Waals surface area contributed by atoms with Gasteiger partial charge >= 0.3 is 0 Å². The molecule has 0 aromatic heterocycles. The molecule has 134 valence electrons. The highest BCUT2D eigenvalue weighted by atomic mass is 35.5. The summed E-state index contributed by atoms with van der Waals surface area (Å²) in [7, 11) is -3.74. The zero-order valence-electron chi connectivity index (χ0n) is 14.2. The summed E-state index contributed by atoms with van der Waals surface area (Å²) < 4.78 is 26.4. The number of benzene rings is 2. The zero-order chi connectivity index (χ0) is 18.4. The first-order valence-corrected chi connectivity index (χ1v) is 9.72. The van der Waals surface area contributed by atoms with Crippen LogP contribution in [0, 0.1) is 6.92 Å². The fraction of sp³-hybridized carbons (Fsp3) is 0.278. The summed E-state index contributed by atoms with van der Waals surface area (Å²) in [6.45, 7) is 4.01. The van der Waals surface area contributed by atoms with Gasteiger partial charge in [-0.05, 0) is 36.8 Å². The Morgan fingerprint density at radius 3 is 2.24 bits per heavy atom. The number of nitrogens with zero attached hydrogens (tertiary/aromatic N) is 1. The topological polar surface area (TPSA) is 66.5 Å². The Bertz CT molecular complexity index is 818. The second-order valence-corrected chi connectivity index (χ2v) is 8.02. The summed E-state index contributed by atoms with van der Waals surface area (Å²) in [6.07, 6.45) is 0. The Morgan fingerprint density at radius 2 is 1.68 bits per heavy atom. The number of carbonyl (C=O) groups excluding carboxylic acids is 1. The maximum atomic E-state index is 12.6. The molecule has 2 aromatic rings. The zero-order valence-corrected chi connectivity index (χ0v) is 15.8. The lowest BCUT2D eigenvalue weighted by atomic mass is 10.1. The van der Waals surface area contributed by atoms with Crippen molar-refractivity contribution in [1.82, 2.24) is 9.62 Å². The molecule has 0 heterocycles. The van der Waals surface area contributed by atoms with Gasteiger partial charge in [-0.1, -0.05) is 48.4 Å². The van der Waals surface area contributed by atoms with Gasteiger partial charge in [0.1, 0.15) is 0 Å². The molecule has 0 aliphatic rings. The minimum Gasteiger partial charge on any atom is -0.351 e. The van der Waals surface area contributed by atoms with Crippen LogP contribution in [-0.2, 0) is 21.4 Å². The molecule has 5 nitrogen and oxygen atoms in total. The Labute approximate surface area is 153 Å². The van der Waals surface area contributed by atoms with Gasteiger partial charge in [0, 0.05) is 18.1 Å². The van der Waals surface area contributed by atoms with E-state index in [9.17, 15) is 13.2 Å². The molecule has 0 fully saturated rings. The van der Waals surface area contributed by atoms with E-state index in [0.717, 1.165) is 15.4 Å². The molecule has 0 aliphatic heterocycles. The standard InChI is InChI=1S/C18H21ClN2O3S/c1-3-21(25(23,24)17-10-8-16(19)9-11-17)13-18(22)20-12-15-6-4-14(2)5-7-15/h4-11H,3,12-13H2,1-2H3,(H,20,22). The van der Waals surface area contributed by atoms with Crippen molar-refractivity contribution in [3.05, 3.63) is 64.7 Å². The molecule has 7 heteroatoms. The maximum Gasteiger partial charge on any atom is 0.243 e. The number of nitrogens with one attached hydrogen (secondary N) is 1. The largest absolute Gasteiger partial charge is 0.351 e. The van der Waals surface area contributed by atoms with Crippen LogP contribution in [0.5, 0.6) is 0 Å². The molecule has 0 saturated heterocycles. The Kier molecular flexibility index (Phi) is 6.58.